The van der Waals surface area contributed by atoms with Crippen LogP contribution in [0.15, 0.2) is 5.16 Å². The molecule has 0 aliphatic heterocycles. The fourth-order valence-corrected chi connectivity index (χ4v) is 1.89. The van der Waals surface area contributed by atoms with Crippen LogP contribution in [0.1, 0.15) is 18.2 Å². The van der Waals surface area contributed by atoms with E-state index in [-0.39, 0.29) is 12.4 Å². The highest BCUT2D eigenvalue weighted by Crippen LogP contribution is 2.22. The largest absolute Gasteiger partial charge is 0.409 e. The van der Waals surface area contributed by atoms with Gasteiger partial charge in [0.05, 0.1) is 17.9 Å². The molecule has 1 rings (SSSR count). The molecule has 0 atom stereocenters. The van der Waals surface area contributed by atoms with Gasteiger partial charge in [-0.25, -0.2) is 0 Å². The minimum Gasteiger partial charge on any atom is -0.409 e. The van der Waals surface area contributed by atoms with Gasteiger partial charge in [0.2, 0.25) is 0 Å². The molecule has 0 aliphatic rings. The zero-order chi connectivity index (χ0) is 13.0. The molecule has 1 heterocycles. The molecule has 4 N–H and O–H groups in total. The smallest absolute Gasteiger partial charge is 0.175 e. The number of nitrogens with two attached hydrogens (primary N) is 1. The summed E-state index contributed by atoms with van der Waals surface area (Å²) in [4.78, 5) is 1.92. The van der Waals surface area contributed by atoms with Gasteiger partial charge >= 0.3 is 0 Å². The van der Waals surface area contributed by atoms with Crippen molar-refractivity contribution in [3.05, 3.63) is 11.3 Å². The minimum atomic E-state index is 0.0296. The van der Waals surface area contributed by atoms with Crippen molar-refractivity contribution < 1.29 is 10.3 Å². The fourth-order valence-electron chi connectivity index (χ4n) is 1.89. The normalized spacial score (nSPS) is 11.9. The standard InChI is InChI=1S/C10H19N5O2/c1-4-15(5-6-16)10-8(9(11)13-17)7(2)12-14(10)3/h16-17H,4-6H2,1-3H3,(H2,11,13). The molecule has 0 radical (unpaired) electrons. The van der Waals surface area contributed by atoms with Gasteiger partial charge in [-0.1, -0.05) is 5.16 Å². The molecule has 96 valence electrons. The predicted molar refractivity (Wildman–Crippen MR) is 65.4 cm³/mol. The maximum absolute atomic E-state index is 9.03. The molecular weight excluding hydrogens is 222 g/mol. The lowest BCUT2D eigenvalue weighted by molar-refractivity contribution is 0.301. The fraction of sp³-hybridized carbons (Fsp3) is 0.600. The van der Waals surface area contributed by atoms with Gasteiger partial charge in [-0.05, 0) is 13.8 Å². The summed E-state index contributed by atoms with van der Waals surface area (Å²) >= 11 is 0. The van der Waals surface area contributed by atoms with Crippen LogP contribution in [-0.4, -0.2) is 45.6 Å². The van der Waals surface area contributed by atoms with Gasteiger partial charge in [-0.15, -0.1) is 0 Å². The van der Waals surface area contributed by atoms with Crippen molar-refractivity contribution >= 4 is 11.7 Å². The molecule has 0 bridgehead atoms. The molecule has 0 spiro atoms. The lowest BCUT2D eigenvalue weighted by atomic mass is 10.2. The van der Waals surface area contributed by atoms with Crippen molar-refractivity contribution in [2.45, 2.75) is 13.8 Å². The molecule has 1 aromatic heterocycles. The number of aliphatic hydroxyl groups excluding tert-OH is 1. The molecule has 0 unspecified atom stereocenters. The van der Waals surface area contributed by atoms with Crippen molar-refractivity contribution in [3.8, 4) is 0 Å². The Morgan fingerprint density at radius 2 is 2.24 bits per heavy atom. The zero-order valence-corrected chi connectivity index (χ0v) is 10.4. The zero-order valence-electron chi connectivity index (χ0n) is 10.4. The van der Waals surface area contributed by atoms with Crippen LogP contribution in [0.3, 0.4) is 0 Å². The number of aliphatic hydroxyl groups is 1. The molecule has 0 aliphatic carbocycles. The third kappa shape index (κ3) is 2.50. The quantitative estimate of drug-likeness (QED) is 0.283. The second-order valence-electron chi connectivity index (χ2n) is 3.70. The Morgan fingerprint density at radius 3 is 2.71 bits per heavy atom. The van der Waals surface area contributed by atoms with Crippen molar-refractivity contribution in [1.82, 2.24) is 9.78 Å². The summed E-state index contributed by atoms with van der Waals surface area (Å²) in [7, 11) is 1.79. The van der Waals surface area contributed by atoms with Gasteiger partial charge in [-0.2, -0.15) is 5.10 Å². The Kier molecular flexibility index (Phi) is 4.33. The van der Waals surface area contributed by atoms with Crippen LogP contribution in [0.5, 0.6) is 0 Å². The number of likely N-dealkylation sites (N-methyl/N-ethyl adjacent to an activating group) is 1. The van der Waals surface area contributed by atoms with E-state index in [1.54, 1.807) is 18.7 Å². The average Bonchev–Trinajstić information content (AvgIpc) is 2.60. The van der Waals surface area contributed by atoms with Crippen LogP contribution in [0.4, 0.5) is 5.82 Å². The monoisotopic (exact) mass is 241 g/mol. The number of nitrogens with zero attached hydrogens (tertiary/aromatic N) is 4. The third-order valence-corrected chi connectivity index (χ3v) is 2.61. The van der Waals surface area contributed by atoms with E-state index in [4.69, 9.17) is 16.0 Å². The van der Waals surface area contributed by atoms with E-state index in [1.807, 2.05) is 11.8 Å². The highest BCUT2D eigenvalue weighted by atomic mass is 16.4. The lowest BCUT2D eigenvalue weighted by Crippen LogP contribution is -2.30. The Morgan fingerprint density at radius 1 is 1.59 bits per heavy atom. The summed E-state index contributed by atoms with van der Waals surface area (Å²) in [6.45, 7) is 4.97. The van der Waals surface area contributed by atoms with E-state index < -0.39 is 0 Å². The summed E-state index contributed by atoms with van der Waals surface area (Å²) in [6, 6.07) is 0. The SMILES string of the molecule is CCN(CCO)c1c(C(N)=NO)c(C)nn1C. The lowest BCUT2D eigenvalue weighted by Gasteiger charge is -2.23. The topological polar surface area (TPSA) is 99.9 Å². The van der Waals surface area contributed by atoms with Crippen LogP contribution >= 0.6 is 0 Å². The van der Waals surface area contributed by atoms with Crippen LogP contribution < -0.4 is 10.6 Å². The first-order valence-electron chi connectivity index (χ1n) is 5.44. The van der Waals surface area contributed by atoms with Gasteiger partial charge in [0.25, 0.3) is 0 Å². The molecular formula is C10H19N5O2. The van der Waals surface area contributed by atoms with E-state index >= 15 is 0 Å². The number of oxime groups is 1. The second kappa shape index (κ2) is 5.53. The molecule has 0 saturated carbocycles. The summed E-state index contributed by atoms with van der Waals surface area (Å²) in [6.07, 6.45) is 0. The van der Waals surface area contributed by atoms with Crippen LogP contribution in [-0.2, 0) is 7.05 Å². The molecule has 0 saturated heterocycles. The number of amidine groups is 1. The molecule has 0 aromatic carbocycles. The number of anilines is 1. The third-order valence-electron chi connectivity index (χ3n) is 2.61. The summed E-state index contributed by atoms with van der Waals surface area (Å²) in [5.74, 6) is 0.774. The van der Waals surface area contributed by atoms with E-state index in [0.717, 1.165) is 5.82 Å². The maximum Gasteiger partial charge on any atom is 0.175 e. The predicted octanol–water partition coefficient (Wildman–Crippen LogP) is -0.358. The van der Waals surface area contributed by atoms with Gasteiger partial charge < -0.3 is 20.9 Å². The Bertz CT molecular complexity index is 413. The molecule has 0 fully saturated rings. The molecule has 17 heavy (non-hydrogen) atoms. The summed E-state index contributed by atoms with van der Waals surface area (Å²) in [5.41, 5.74) is 6.95. The van der Waals surface area contributed by atoms with Crippen molar-refractivity contribution in [2.75, 3.05) is 24.6 Å². The van der Waals surface area contributed by atoms with E-state index in [0.29, 0.717) is 24.3 Å². The van der Waals surface area contributed by atoms with Gasteiger partial charge in [0, 0.05) is 20.1 Å². The van der Waals surface area contributed by atoms with Gasteiger partial charge in [0.1, 0.15) is 5.82 Å². The Hall–Kier alpha value is -1.76. The molecule has 0 amide bonds. The molecule has 1 aromatic rings. The van der Waals surface area contributed by atoms with E-state index in [9.17, 15) is 0 Å². The first kappa shape index (κ1) is 13.3. The van der Waals surface area contributed by atoms with Crippen molar-refractivity contribution in [3.63, 3.8) is 0 Å². The molecule has 7 heteroatoms. The van der Waals surface area contributed by atoms with Crippen LogP contribution in [0.25, 0.3) is 0 Å². The van der Waals surface area contributed by atoms with Crippen molar-refractivity contribution in [2.24, 2.45) is 17.9 Å². The number of hydrogen-bond donors (Lipinski definition) is 3. The maximum atomic E-state index is 9.03. The Balaban J connectivity index is 3.30. The number of hydrogen-bond acceptors (Lipinski definition) is 5. The number of rotatable bonds is 5. The van der Waals surface area contributed by atoms with Crippen LogP contribution in [0, 0.1) is 6.92 Å². The number of aromatic nitrogens is 2. The minimum absolute atomic E-state index is 0.0296. The first-order valence-corrected chi connectivity index (χ1v) is 5.44. The summed E-state index contributed by atoms with van der Waals surface area (Å²) in [5, 5.41) is 25.1. The first-order chi connectivity index (χ1) is 8.06. The highest BCUT2D eigenvalue weighted by Gasteiger charge is 2.21. The van der Waals surface area contributed by atoms with E-state index in [2.05, 4.69) is 10.3 Å². The van der Waals surface area contributed by atoms with Gasteiger partial charge in [0.15, 0.2) is 5.84 Å². The number of aryl methyl sites for hydroxylation is 2. The Labute approximate surface area is 100 Å². The van der Waals surface area contributed by atoms with E-state index in [1.165, 1.54) is 0 Å². The van der Waals surface area contributed by atoms with Gasteiger partial charge in [-0.3, -0.25) is 4.68 Å². The second-order valence-corrected chi connectivity index (χ2v) is 3.70. The summed E-state index contributed by atoms with van der Waals surface area (Å²) < 4.78 is 1.67. The van der Waals surface area contributed by atoms with Crippen molar-refractivity contribution in [1.29, 1.82) is 0 Å². The average molecular weight is 241 g/mol. The molecule has 7 nitrogen and oxygen atoms in total. The highest BCUT2D eigenvalue weighted by molar-refractivity contribution is 6.02. The van der Waals surface area contributed by atoms with Crippen LogP contribution in [0.2, 0.25) is 0 Å².